The molecule has 0 aliphatic carbocycles. The summed E-state index contributed by atoms with van der Waals surface area (Å²) in [6.45, 7) is 14.5. The maximum atomic E-state index is 13.5. The number of ether oxygens (including phenoxy) is 2. The van der Waals surface area contributed by atoms with Gasteiger partial charge < -0.3 is 14.3 Å². The summed E-state index contributed by atoms with van der Waals surface area (Å²) in [5.41, 5.74) is -3.55. The van der Waals surface area contributed by atoms with Crippen LogP contribution in [-0.4, -0.2) is 34.8 Å². The van der Waals surface area contributed by atoms with Gasteiger partial charge in [-0.05, 0) is 69.2 Å². The quantitative estimate of drug-likeness (QED) is 0.0781. The highest BCUT2D eigenvalue weighted by molar-refractivity contribution is 6.01. The third-order valence-corrected chi connectivity index (χ3v) is 5.92. The summed E-state index contributed by atoms with van der Waals surface area (Å²) < 4.78 is 114. The van der Waals surface area contributed by atoms with Gasteiger partial charge in [0.1, 0.15) is 0 Å². The Morgan fingerprint density at radius 1 is 0.560 bits per heavy atom. The van der Waals surface area contributed by atoms with E-state index in [0.717, 1.165) is 6.92 Å². The van der Waals surface area contributed by atoms with Gasteiger partial charge in [-0.25, -0.2) is 26.7 Å². The van der Waals surface area contributed by atoms with E-state index < -0.39 is 110 Å². The summed E-state index contributed by atoms with van der Waals surface area (Å²) in [7, 11) is 0. The van der Waals surface area contributed by atoms with Crippen molar-refractivity contribution in [2.45, 2.75) is 89.5 Å². The molecule has 1 aliphatic rings. The van der Waals surface area contributed by atoms with Gasteiger partial charge in [0.15, 0.2) is 29.1 Å². The van der Waals surface area contributed by atoms with Crippen molar-refractivity contribution in [2.24, 2.45) is 16.2 Å². The summed E-state index contributed by atoms with van der Waals surface area (Å²) >= 11 is 0. The monoisotopic (exact) mass is 729 g/mol. The van der Waals surface area contributed by atoms with E-state index in [-0.39, 0.29) is 26.3 Å². The molecule has 1 heterocycles. The number of carbonyl (C=O) groups excluding carboxylic acids is 5. The van der Waals surface area contributed by atoms with Crippen LogP contribution in [0.4, 0.5) is 35.1 Å². The Hall–Kier alpha value is -4.57. The fraction of sp³-hybridized carbons (Fsp3) is 0.485. The van der Waals surface area contributed by atoms with Crippen LogP contribution >= 0.6 is 0 Å². The normalized spacial score (nSPS) is 13.0. The molecular weight excluding hydrogens is 690 g/mol. The molecule has 17 heteroatoms. The zero-order valence-corrected chi connectivity index (χ0v) is 28.2. The zero-order chi connectivity index (χ0) is 38.6. The molecule has 280 valence electrons. The first-order valence-electron chi connectivity index (χ1n) is 14.2. The van der Waals surface area contributed by atoms with Crippen LogP contribution in [0.2, 0.25) is 0 Å². The highest BCUT2D eigenvalue weighted by Gasteiger charge is 2.36. The number of amides is 2. The van der Waals surface area contributed by atoms with Gasteiger partial charge >= 0.3 is 17.9 Å². The standard InChI is InChI=1S/C12H12F4O2.C11H10F4O2.C9H13NO4.CH4/c1-5-6(13)8(15)9(16)10(7(5)14)18-11(17)12(2,3)4;1-11(2,3)10(16)17-9-7(14)5(12)4-6(13)8(9)15;1-9(2,3)8(13)14-10-6(11)4-5-7(10)12;/h1-4H3;4H,1-3H3;4-5H2,1-3H3;1H4. The Balaban J connectivity index is 0.000000719. The van der Waals surface area contributed by atoms with Crippen LogP contribution in [0.3, 0.4) is 0 Å². The highest BCUT2D eigenvalue weighted by Crippen LogP contribution is 2.32. The number of hydroxylamine groups is 2. The van der Waals surface area contributed by atoms with E-state index >= 15 is 0 Å². The second kappa shape index (κ2) is 16.9. The van der Waals surface area contributed by atoms with E-state index in [4.69, 9.17) is 4.84 Å². The Morgan fingerprint density at radius 3 is 1.24 bits per heavy atom. The number of hydrogen-bond acceptors (Lipinski definition) is 8. The third kappa shape index (κ3) is 11.5. The van der Waals surface area contributed by atoms with Crippen molar-refractivity contribution in [3.8, 4) is 11.5 Å². The fourth-order valence-corrected chi connectivity index (χ4v) is 2.82. The second-order valence-corrected chi connectivity index (χ2v) is 13.5. The lowest BCUT2D eigenvalue weighted by Gasteiger charge is -2.19. The molecule has 0 bridgehead atoms. The lowest BCUT2D eigenvalue weighted by molar-refractivity contribution is -0.203. The van der Waals surface area contributed by atoms with Gasteiger partial charge in [-0.2, -0.15) is 13.2 Å². The first kappa shape index (κ1) is 45.4. The minimum Gasteiger partial charge on any atom is -0.420 e. The predicted molar refractivity (Wildman–Crippen MR) is 161 cm³/mol. The van der Waals surface area contributed by atoms with Gasteiger partial charge in [0.25, 0.3) is 11.8 Å². The first-order chi connectivity index (χ1) is 22.0. The molecule has 9 nitrogen and oxygen atoms in total. The summed E-state index contributed by atoms with van der Waals surface area (Å²) in [4.78, 5) is 61.0. The molecule has 2 aromatic carbocycles. The van der Waals surface area contributed by atoms with Crippen LogP contribution < -0.4 is 9.47 Å². The molecule has 0 radical (unpaired) electrons. The number of hydrogen-bond donors (Lipinski definition) is 0. The van der Waals surface area contributed by atoms with Gasteiger partial charge in [0.2, 0.25) is 29.0 Å². The lowest BCUT2D eigenvalue weighted by Crippen LogP contribution is -2.36. The van der Waals surface area contributed by atoms with Gasteiger partial charge in [0.05, 0.1) is 16.2 Å². The van der Waals surface area contributed by atoms with E-state index in [9.17, 15) is 59.1 Å². The molecule has 2 aromatic rings. The molecule has 1 saturated heterocycles. The zero-order valence-electron chi connectivity index (χ0n) is 28.2. The van der Waals surface area contributed by atoms with Crippen molar-refractivity contribution >= 4 is 29.7 Å². The Morgan fingerprint density at radius 2 is 0.900 bits per heavy atom. The average molecular weight is 730 g/mol. The average Bonchev–Trinajstić information content (AvgIpc) is 3.29. The molecule has 0 unspecified atom stereocenters. The third-order valence-electron chi connectivity index (χ3n) is 5.92. The predicted octanol–water partition coefficient (Wildman–Crippen LogP) is 7.97. The van der Waals surface area contributed by atoms with Gasteiger partial charge in [0, 0.05) is 24.5 Å². The smallest absolute Gasteiger partial charge is 0.338 e. The summed E-state index contributed by atoms with van der Waals surface area (Å²) in [5.74, 6) is -19.5. The van der Waals surface area contributed by atoms with Gasteiger partial charge in [-0.3, -0.25) is 19.2 Å². The molecule has 0 saturated carbocycles. The summed E-state index contributed by atoms with van der Waals surface area (Å²) in [6.07, 6.45) is 0.243. The van der Waals surface area contributed by atoms with Crippen molar-refractivity contribution in [1.29, 1.82) is 0 Å². The minimum atomic E-state index is -1.87. The second-order valence-electron chi connectivity index (χ2n) is 13.5. The minimum absolute atomic E-state index is 0. The molecular formula is C33H39F8NO8. The fourth-order valence-electron chi connectivity index (χ4n) is 2.82. The van der Waals surface area contributed by atoms with Crippen LogP contribution in [0.15, 0.2) is 6.07 Å². The molecule has 0 spiro atoms. The lowest BCUT2D eigenvalue weighted by atomic mass is 9.97. The molecule has 2 amide bonds. The molecule has 3 rings (SSSR count). The van der Waals surface area contributed by atoms with Gasteiger partial charge in [-0.1, -0.05) is 7.43 Å². The molecule has 0 atom stereocenters. The Bertz CT molecular complexity index is 1570. The number of imide groups is 1. The van der Waals surface area contributed by atoms with Crippen molar-refractivity contribution in [3.05, 3.63) is 58.2 Å². The van der Waals surface area contributed by atoms with E-state index in [1.54, 1.807) is 20.8 Å². The first-order valence-corrected chi connectivity index (χ1v) is 14.2. The molecule has 0 aromatic heterocycles. The Labute approximate surface area is 283 Å². The molecule has 50 heavy (non-hydrogen) atoms. The number of nitrogens with zero attached hydrogens (tertiary/aromatic N) is 1. The van der Waals surface area contributed by atoms with Gasteiger partial charge in [-0.15, -0.1) is 5.06 Å². The summed E-state index contributed by atoms with van der Waals surface area (Å²) in [6, 6.07) is 0.0408. The van der Waals surface area contributed by atoms with Crippen LogP contribution in [0.5, 0.6) is 11.5 Å². The van der Waals surface area contributed by atoms with E-state index in [0.29, 0.717) is 5.06 Å². The number of halogens is 8. The van der Waals surface area contributed by atoms with E-state index in [1.165, 1.54) is 41.5 Å². The molecule has 0 N–H and O–H groups in total. The maximum absolute atomic E-state index is 13.5. The number of carbonyl (C=O) groups is 5. The topological polar surface area (TPSA) is 116 Å². The van der Waals surface area contributed by atoms with E-state index in [2.05, 4.69) is 9.47 Å². The number of rotatable bonds is 3. The molecule has 1 aliphatic heterocycles. The van der Waals surface area contributed by atoms with Crippen molar-refractivity contribution in [3.63, 3.8) is 0 Å². The van der Waals surface area contributed by atoms with Crippen molar-refractivity contribution in [2.75, 3.05) is 0 Å². The Kier molecular flexibility index (Phi) is 15.4. The highest BCUT2D eigenvalue weighted by atomic mass is 19.2. The van der Waals surface area contributed by atoms with Crippen molar-refractivity contribution < 1.29 is 73.4 Å². The summed E-state index contributed by atoms with van der Waals surface area (Å²) in [5, 5.41) is 0.563. The van der Waals surface area contributed by atoms with Crippen LogP contribution in [0.1, 0.15) is 88.1 Å². The largest absolute Gasteiger partial charge is 0.420 e. The molecule has 1 fully saturated rings. The van der Waals surface area contributed by atoms with Crippen LogP contribution in [0, 0.1) is 69.7 Å². The number of esters is 2. The van der Waals surface area contributed by atoms with E-state index in [1.807, 2.05) is 0 Å². The van der Waals surface area contributed by atoms with Crippen LogP contribution in [0.25, 0.3) is 0 Å². The maximum Gasteiger partial charge on any atom is 0.338 e. The van der Waals surface area contributed by atoms with Crippen LogP contribution in [-0.2, 0) is 28.8 Å². The SMILES string of the molecule is C.CC(C)(C)C(=O)ON1C(=O)CCC1=O.CC(C)(C)C(=O)Oc1c(F)c(F)cc(F)c1F.Cc1c(F)c(F)c(F)c(OC(=O)C(C)(C)C)c1F. The number of benzene rings is 2. The van der Waals surface area contributed by atoms with Crippen molar-refractivity contribution in [1.82, 2.24) is 5.06 Å².